The first kappa shape index (κ1) is 9.31. The van der Waals surface area contributed by atoms with E-state index in [4.69, 9.17) is 16.7 Å². The summed E-state index contributed by atoms with van der Waals surface area (Å²) in [5.74, 6) is 0.206. The lowest BCUT2D eigenvalue weighted by molar-refractivity contribution is 0.475. The molecule has 10 heavy (non-hydrogen) atoms. The highest BCUT2D eigenvalue weighted by Gasteiger charge is 1.85. The predicted octanol–water partition coefficient (Wildman–Crippen LogP) is 3.07. The van der Waals surface area contributed by atoms with Crippen molar-refractivity contribution >= 4 is 11.6 Å². The Balaban J connectivity index is 0.000000371. The van der Waals surface area contributed by atoms with E-state index in [2.05, 4.69) is 0 Å². The zero-order chi connectivity index (χ0) is 7.98. The Labute approximate surface area is 66.3 Å². The van der Waals surface area contributed by atoms with Gasteiger partial charge in [-0.15, -0.1) is 0 Å². The minimum Gasteiger partial charge on any atom is -0.508 e. The number of aromatic hydroxyl groups is 1. The van der Waals surface area contributed by atoms with Crippen molar-refractivity contribution in [3.8, 4) is 5.75 Å². The Bertz CT molecular complexity index is 169. The molecule has 1 aromatic carbocycles. The molecule has 0 saturated heterocycles. The number of benzene rings is 1. The van der Waals surface area contributed by atoms with Crippen LogP contribution in [-0.4, -0.2) is 5.11 Å². The Hall–Kier alpha value is -0.690. The van der Waals surface area contributed by atoms with Crippen molar-refractivity contribution in [1.82, 2.24) is 0 Å². The fraction of sp³-hybridized carbons (Fsp3) is 0.250. The van der Waals surface area contributed by atoms with Crippen LogP contribution in [0.2, 0.25) is 5.02 Å². The minimum absolute atomic E-state index is 0.206. The number of halogens is 1. The molecule has 0 heterocycles. The van der Waals surface area contributed by atoms with Crippen LogP contribution < -0.4 is 0 Å². The molecule has 0 unspecified atom stereocenters. The van der Waals surface area contributed by atoms with Crippen LogP contribution in [0.5, 0.6) is 5.75 Å². The topological polar surface area (TPSA) is 20.2 Å². The lowest BCUT2D eigenvalue weighted by atomic mass is 10.3. The fourth-order valence-electron chi connectivity index (χ4n) is 0.476. The average Bonchev–Trinajstić information content (AvgIpc) is 1.91. The largest absolute Gasteiger partial charge is 0.508 e. The van der Waals surface area contributed by atoms with Crippen molar-refractivity contribution in [1.29, 1.82) is 0 Å². The second kappa shape index (κ2) is 5.12. The molecular weight excluding hydrogens is 148 g/mol. The summed E-state index contributed by atoms with van der Waals surface area (Å²) in [6, 6.07) is 6.46. The molecule has 0 fully saturated rings. The Kier molecular flexibility index (Phi) is 4.77. The van der Waals surface area contributed by atoms with Gasteiger partial charge < -0.3 is 5.11 Å². The normalized spacial score (nSPS) is 7.90. The molecule has 1 rings (SSSR count). The van der Waals surface area contributed by atoms with Crippen molar-refractivity contribution in [3.05, 3.63) is 29.3 Å². The summed E-state index contributed by atoms with van der Waals surface area (Å²) in [4.78, 5) is 0. The minimum atomic E-state index is 0.206. The van der Waals surface area contributed by atoms with E-state index in [1.54, 1.807) is 18.2 Å². The highest BCUT2D eigenvalue weighted by atomic mass is 35.5. The fourth-order valence-corrected chi connectivity index (χ4v) is 0.661. The first-order valence-corrected chi connectivity index (χ1v) is 3.61. The van der Waals surface area contributed by atoms with E-state index in [1.807, 2.05) is 13.8 Å². The van der Waals surface area contributed by atoms with Crippen LogP contribution in [0.1, 0.15) is 13.8 Å². The first-order chi connectivity index (χ1) is 4.79. The van der Waals surface area contributed by atoms with E-state index < -0.39 is 0 Å². The molecular formula is C8H11ClO. The first-order valence-electron chi connectivity index (χ1n) is 3.23. The van der Waals surface area contributed by atoms with Gasteiger partial charge in [0.2, 0.25) is 0 Å². The number of phenols is 1. The SMILES string of the molecule is CC.Oc1cccc(Cl)c1. The monoisotopic (exact) mass is 158 g/mol. The van der Waals surface area contributed by atoms with Gasteiger partial charge in [0, 0.05) is 5.02 Å². The molecule has 2 heteroatoms. The second-order valence-electron chi connectivity index (χ2n) is 1.48. The van der Waals surface area contributed by atoms with Gasteiger partial charge in [0.1, 0.15) is 5.75 Å². The highest BCUT2D eigenvalue weighted by molar-refractivity contribution is 6.30. The summed E-state index contributed by atoms with van der Waals surface area (Å²) in [5.41, 5.74) is 0. The van der Waals surface area contributed by atoms with Crippen LogP contribution in [0, 0.1) is 0 Å². The predicted molar refractivity (Wildman–Crippen MR) is 44.5 cm³/mol. The van der Waals surface area contributed by atoms with Crippen molar-refractivity contribution < 1.29 is 5.11 Å². The summed E-state index contributed by atoms with van der Waals surface area (Å²) >= 11 is 5.48. The van der Waals surface area contributed by atoms with E-state index in [0.29, 0.717) is 5.02 Å². The third-order valence-corrected chi connectivity index (χ3v) is 1.04. The average molecular weight is 159 g/mol. The highest BCUT2D eigenvalue weighted by Crippen LogP contribution is 2.14. The molecule has 0 aliphatic heterocycles. The molecule has 0 bridgehead atoms. The maximum atomic E-state index is 8.73. The molecule has 0 amide bonds. The molecule has 0 saturated carbocycles. The van der Waals surface area contributed by atoms with Gasteiger partial charge >= 0.3 is 0 Å². The third-order valence-electron chi connectivity index (χ3n) is 0.808. The number of phenolic OH excluding ortho intramolecular Hbond substituents is 1. The van der Waals surface area contributed by atoms with Crippen LogP contribution in [0.3, 0.4) is 0 Å². The van der Waals surface area contributed by atoms with Crippen LogP contribution in [-0.2, 0) is 0 Å². The second-order valence-corrected chi connectivity index (χ2v) is 1.92. The van der Waals surface area contributed by atoms with E-state index in [-0.39, 0.29) is 5.75 Å². The molecule has 1 N–H and O–H groups in total. The number of rotatable bonds is 0. The van der Waals surface area contributed by atoms with Gasteiger partial charge in [-0.1, -0.05) is 31.5 Å². The zero-order valence-electron chi connectivity index (χ0n) is 6.13. The van der Waals surface area contributed by atoms with Gasteiger partial charge in [0.15, 0.2) is 0 Å². The van der Waals surface area contributed by atoms with Crippen molar-refractivity contribution in [2.24, 2.45) is 0 Å². The summed E-state index contributed by atoms with van der Waals surface area (Å²) in [7, 11) is 0. The van der Waals surface area contributed by atoms with Crippen LogP contribution in [0.25, 0.3) is 0 Å². The van der Waals surface area contributed by atoms with Crippen LogP contribution in [0.4, 0.5) is 0 Å². The van der Waals surface area contributed by atoms with E-state index in [1.165, 1.54) is 6.07 Å². The summed E-state index contributed by atoms with van der Waals surface area (Å²) in [6.07, 6.45) is 0. The van der Waals surface area contributed by atoms with Crippen molar-refractivity contribution in [3.63, 3.8) is 0 Å². The van der Waals surface area contributed by atoms with Gasteiger partial charge in [0.25, 0.3) is 0 Å². The standard InChI is InChI=1S/C6H5ClO.C2H6/c7-5-2-1-3-6(8)4-5;1-2/h1-4,8H;1-2H3. The van der Waals surface area contributed by atoms with E-state index in [9.17, 15) is 0 Å². The molecule has 0 aromatic heterocycles. The molecule has 1 nitrogen and oxygen atoms in total. The van der Waals surface area contributed by atoms with Gasteiger partial charge in [-0.2, -0.15) is 0 Å². The maximum Gasteiger partial charge on any atom is 0.117 e. The molecule has 0 radical (unpaired) electrons. The molecule has 56 valence electrons. The van der Waals surface area contributed by atoms with Crippen LogP contribution in [0.15, 0.2) is 24.3 Å². The Morgan fingerprint density at radius 3 is 2.20 bits per heavy atom. The molecule has 0 aliphatic carbocycles. The van der Waals surface area contributed by atoms with Gasteiger partial charge in [-0.25, -0.2) is 0 Å². The van der Waals surface area contributed by atoms with E-state index in [0.717, 1.165) is 0 Å². The Morgan fingerprint density at radius 1 is 1.30 bits per heavy atom. The summed E-state index contributed by atoms with van der Waals surface area (Å²) < 4.78 is 0. The van der Waals surface area contributed by atoms with Gasteiger partial charge in [0.05, 0.1) is 0 Å². The Morgan fingerprint density at radius 2 is 1.90 bits per heavy atom. The quantitative estimate of drug-likeness (QED) is 0.615. The van der Waals surface area contributed by atoms with Crippen molar-refractivity contribution in [2.75, 3.05) is 0 Å². The maximum absolute atomic E-state index is 8.73. The molecule has 0 spiro atoms. The van der Waals surface area contributed by atoms with Crippen LogP contribution >= 0.6 is 11.6 Å². The molecule has 0 atom stereocenters. The summed E-state index contributed by atoms with van der Waals surface area (Å²) in [5, 5.41) is 9.29. The smallest absolute Gasteiger partial charge is 0.117 e. The lowest BCUT2D eigenvalue weighted by Crippen LogP contribution is -1.61. The zero-order valence-corrected chi connectivity index (χ0v) is 6.89. The third kappa shape index (κ3) is 3.36. The van der Waals surface area contributed by atoms with E-state index >= 15 is 0 Å². The number of hydrogen-bond acceptors (Lipinski definition) is 1. The molecule has 1 aromatic rings. The van der Waals surface area contributed by atoms with Gasteiger partial charge in [-0.3, -0.25) is 0 Å². The van der Waals surface area contributed by atoms with Crippen molar-refractivity contribution in [2.45, 2.75) is 13.8 Å². The lowest BCUT2D eigenvalue weighted by Gasteiger charge is -1.88. The number of hydrogen-bond donors (Lipinski definition) is 1. The van der Waals surface area contributed by atoms with Gasteiger partial charge in [-0.05, 0) is 18.2 Å². The summed E-state index contributed by atoms with van der Waals surface area (Å²) in [6.45, 7) is 4.00. The molecule has 0 aliphatic rings.